The molecule has 0 unspecified atom stereocenters. The summed E-state index contributed by atoms with van der Waals surface area (Å²) in [6.45, 7) is 1.45. The Balaban J connectivity index is 1.58. The zero-order chi connectivity index (χ0) is 18.5. The molecule has 1 aromatic heterocycles. The number of unbranched alkanes of at least 4 members (excludes halogenated alkanes) is 3. The molecule has 0 atom stereocenters. The third-order valence-corrected chi connectivity index (χ3v) is 4.78. The predicted octanol–water partition coefficient (Wildman–Crippen LogP) is 4.60. The number of fused-ring (bicyclic) bond motifs is 2. The molecule has 0 amide bonds. The van der Waals surface area contributed by atoms with E-state index in [2.05, 4.69) is 17.4 Å². The lowest BCUT2D eigenvalue weighted by Crippen LogP contribution is -2.03. The zero-order valence-electron chi connectivity index (χ0n) is 15.3. The van der Waals surface area contributed by atoms with Crippen LogP contribution in [0.25, 0.3) is 22.2 Å². The summed E-state index contributed by atoms with van der Waals surface area (Å²) in [5.74, 6) is 1.54. The lowest BCUT2D eigenvalue weighted by atomic mass is 10.1. The van der Waals surface area contributed by atoms with Crippen molar-refractivity contribution in [1.82, 2.24) is 4.98 Å². The molecule has 0 saturated carbocycles. The number of anilines is 1. The van der Waals surface area contributed by atoms with Gasteiger partial charge in [0.15, 0.2) is 11.5 Å². The summed E-state index contributed by atoms with van der Waals surface area (Å²) in [7, 11) is 0. The molecular weight excluding hydrogens is 340 g/mol. The standard InChI is InChI=1S/C22H24N2O3/c25-12-6-2-1-5-11-23-20-14-19(24-18-8-4-3-7-17(18)20)16-9-10-21-22(13-16)27-15-26-21/h3-4,7-10,13-14,25H,1-2,5-6,11-12,15H2,(H,23,24). The molecule has 5 nitrogen and oxygen atoms in total. The molecule has 2 N–H and O–H groups in total. The molecule has 5 heteroatoms. The first-order valence-electron chi connectivity index (χ1n) is 9.50. The number of aromatic nitrogens is 1. The number of ether oxygens (including phenoxy) is 2. The fraction of sp³-hybridized carbons (Fsp3) is 0.318. The van der Waals surface area contributed by atoms with Gasteiger partial charge in [-0.05, 0) is 43.2 Å². The Bertz CT molecular complexity index is 927. The van der Waals surface area contributed by atoms with E-state index in [1.807, 2.05) is 36.4 Å². The van der Waals surface area contributed by atoms with Gasteiger partial charge in [-0.3, -0.25) is 0 Å². The maximum Gasteiger partial charge on any atom is 0.231 e. The van der Waals surface area contributed by atoms with E-state index in [1.54, 1.807) is 0 Å². The quantitative estimate of drug-likeness (QED) is 0.572. The summed E-state index contributed by atoms with van der Waals surface area (Å²) in [4.78, 5) is 4.84. The van der Waals surface area contributed by atoms with E-state index in [4.69, 9.17) is 19.6 Å². The number of hydrogen-bond acceptors (Lipinski definition) is 5. The van der Waals surface area contributed by atoms with Crippen molar-refractivity contribution >= 4 is 16.6 Å². The van der Waals surface area contributed by atoms with Crippen LogP contribution in [0.2, 0.25) is 0 Å². The number of pyridine rings is 1. The zero-order valence-corrected chi connectivity index (χ0v) is 15.3. The van der Waals surface area contributed by atoms with Crippen LogP contribution >= 0.6 is 0 Å². The Morgan fingerprint density at radius 3 is 2.70 bits per heavy atom. The Hall–Kier alpha value is -2.79. The molecule has 27 heavy (non-hydrogen) atoms. The lowest BCUT2D eigenvalue weighted by molar-refractivity contribution is 0.174. The molecule has 1 aliphatic heterocycles. The van der Waals surface area contributed by atoms with Crippen molar-refractivity contribution in [2.24, 2.45) is 0 Å². The van der Waals surface area contributed by atoms with Crippen molar-refractivity contribution in [2.45, 2.75) is 25.7 Å². The van der Waals surface area contributed by atoms with Gasteiger partial charge in [-0.2, -0.15) is 0 Å². The monoisotopic (exact) mass is 364 g/mol. The van der Waals surface area contributed by atoms with Gasteiger partial charge in [-0.15, -0.1) is 0 Å². The largest absolute Gasteiger partial charge is 0.454 e. The minimum absolute atomic E-state index is 0.271. The summed E-state index contributed by atoms with van der Waals surface area (Å²) in [5, 5.41) is 13.6. The summed E-state index contributed by atoms with van der Waals surface area (Å²) >= 11 is 0. The molecule has 140 valence electrons. The summed E-state index contributed by atoms with van der Waals surface area (Å²) in [6.07, 6.45) is 4.14. The van der Waals surface area contributed by atoms with Crippen LogP contribution in [0.3, 0.4) is 0 Å². The smallest absolute Gasteiger partial charge is 0.231 e. The van der Waals surface area contributed by atoms with Crippen molar-refractivity contribution in [2.75, 3.05) is 25.3 Å². The highest BCUT2D eigenvalue weighted by Crippen LogP contribution is 2.37. The van der Waals surface area contributed by atoms with Crippen LogP contribution in [0.5, 0.6) is 11.5 Å². The first-order valence-corrected chi connectivity index (χ1v) is 9.50. The van der Waals surface area contributed by atoms with Gasteiger partial charge in [0.2, 0.25) is 6.79 Å². The molecular formula is C22H24N2O3. The number of benzene rings is 2. The number of hydrogen-bond donors (Lipinski definition) is 2. The predicted molar refractivity (Wildman–Crippen MR) is 107 cm³/mol. The van der Waals surface area contributed by atoms with Gasteiger partial charge in [-0.1, -0.05) is 31.0 Å². The molecule has 0 spiro atoms. The molecule has 0 bridgehead atoms. The number of nitrogens with zero attached hydrogens (tertiary/aromatic N) is 1. The number of aliphatic hydroxyl groups is 1. The summed E-state index contributed by atoms with van der Waals surface area (Å²) in [5.41, 5.74) is 3.98. The van der Waals surface area contributed by atoms with Crippen LogP contribution < -0.4 is 14.8 Å². The molecule has 2 aromatic carbocycles. The highest BCUT2D eigenvalue weighted by atomic mass is 16.7. The van der Waals surface area contributed by atoms with Gasteiger partial charge < -0.3 is 19.9 Å². The number of nitrogens with one attached hydrogen (secondary N) is 1. The number of para-hydroxylation sites is 1. The van der Waals surface area contributed by atoms with E-state index in [1.165, 1.54) is 0 Å². The van der Waals surface area contributed by atoms with E-state index >= 15 is 0 Å². The fourth-order valence-corrected chi connectivity index (χ4v) is 3.34. The molecule has 2 heterocycles. The average Bonchev–Trinajstić information content (AvgIpc) is 3.18. The molecule has 0 fully saturated rings. The van der Waals surface area contributed by atoms with Gasteiger partial charge in [0.05, 0.1) is 11.2 Å². The number of rotatable bonds is 8. The second kappa shape index (κ2) is 8.27. The maximum atomic E-state index is 8.88. The average molecular weight is 364 g/mol. The highest BCUT2D eigenvalue weighted by Gasteiger charge is 2.15. The minimum atomic E-state index is 0.271. The maximum absolute atomic E-state index is 8.88. The Morgan fingerprint density at radius 2 is 1.78 bits per heavy atom. The van der Waals surface area contributed by atoms with Gasteiger partial charge in [0.1, 0.15) is 0 Å². The lowest BCUT2D eigenvalue weighted by Gasteiger charge is -2.12. The van der Waals surface area contributed by atoms with Crippen molar-refractivity contribution in [3.63, 3.8) is 0 Å². The topological polar surface area (TPSA) is 63.6 Å². The van der Waals surface area contributed by atoms with Crippen molar-refractivity contribution in [3.8, 4) is 22.8 Å². The SMILES string of the molecule is OCCCCCCNc1cc(-c2ccc3c(c2)OCO3)nc2ccccc12. The van der Waals surface area contributed by atoms with E-state index in [9.17, 15) is 0 Å². The van der Waals surface area contributed by atoms with Crippen LogP contribution in [-0.2, 0) is 0 Å². The Labute approximate surface area is 159 Å². The highest BCUT2D eigenvalue weighted by molar-refractivity contribution is 5.93. The van der Waals surface area contributed by atoms with Crippen LogP contribution in [0.1, 0.15) is 25.7 Å². The van der Waals surface area contributed by atoms with E-state index in [0.717, 1.165) is 71.6 Å². The van der Waals surface area contributed by atoms with Crippen LogP contribution in [0.4, 0.5) is 5.69 Å². The van der Waals surface area contributed by atoms with Crippen LogP contribution in [0.15, 0.2) is 48.5 Å². The number of aliphatic hydroxyl groups excluding tert-OH is 1. The molecule has 4 rings (SSSR count). The van der Waals surface area contributed by atoms with Gasteiger partial charge in [-0.25, -0.2) is 4.98 Å². The molecule has 3 aromatic rings. The van der Waals surface area contributed by atoms with Crippen molar-refractivity contribution in [3.05, 3.63) is 48.5 Å². The van der Waals surface area contributed by atoms with E-state index in [-0.39, 0.29) is 13.4 Å². The van der Waals surface area contributed by atoms with Crippen LogP contribution in [0, 0.1) is 0 Å². The molecule has 0 aliphatic carbocycles. The normalized spacial score (nSPS) is 12.5. The first kappa shape index (κ1) is 17.6. The van der Waals surface area contributed by atoms with Crippen molar-refractivity contribution in [1.29, 1.82) is 0 Å². The third kappa shape index (κ3) is 3.98. The Morgan fingerprint density at radius 1 is 0.926 bits per heavy atom. The van der Waals surface area contributed by atoms with Gasteiger partial charge in [0, 0.05) is 29.8 Å². The van der Waals surface area contributed by atoms with E-state index in [0.29, 0.717) is 0 Å². The summed E-state index contributed by atoms with van der Waals surface area (Å²) in [6, 6.07) is 16.2. The van der Waals surface area contributed by atoms with E-state index < -0.39 is 0 Å². The second-order valence-electron chi connectivity index (χ2n) is 6.70. The summed E-state index contributed by atoms with van der Waals surface area (Å²) < 4.78 is 10.9. The third-order valence-electron chi connectivity index (χ3n) is 4.78. The van der Waals surface area contributed by atoms with Crippen molar-refractivity contribution < 1.29 is 14.6 Å². The fourth-order valence-electron chi connectivity index (χ4n) is 3.34. The molecule has 1 aliphatic rings. The van der Waals surface area contributed by atoms with Gasteiger partial charge in [0.25, 0.3) is 0 Å². The second-order valence-corrected chi connectivity index (χ2v) is 6.70. The molecule has 0 radical (unpaired) electrons. The molecule has 0 saturated heterocycles. The Kier molecular flexibility index (Phi) is 5.39. The first-order chi connectivity index (χ1) is 13.3. The van der Waals surface area contributed by atoms with Gasteiger partial charge >= 0.3 is 0 Å². The minimum Gasteiger partial charge on any atom is -0.454 e. The van der Waals surface area contributed by atoms with Crippen LogP contribution in [-0.4, -0.2) is 30.0 Å².